The third-order valence-corrected chi connectivity index (χ3v) is 7.18. The van der Waals surface area contributed by atoms with Gasteiger partial charge in [-0.3, -0.25) is 9.52 Å². The molecule has 0 atom stereocenters. The first-order chi connectivity index (χ1) is 14.9. The number of piperidine rings is 1. The predicted octanol–water partition coefficient (Wildman–Crippen LogP) is 4.52. The smallest absolute Gasteiger partial charge is 0.261 e. The van der Waals surface area contributed by atoms with E-state index in [-0.39, 0.29) is 16.4 Å². The van der Waals surface area contributed by atoms with Crippen molar-refractivity contribution in [2.75, 3.05) is 24.9 Å². The van der Waals surface area contributed by atoms with Crippen LogP contribution in [0.1, 0.15) is 30.1 Å². The molecule has 0 unspecified atom stereocenters. The van der Waals surface area contributed by atoms with Crippen molar-refractivity contribution in [1.29, 1.82) is 0 Å². The van der Waals surface area contributed by atoms with E-state index in [0.717, 1.165) is 23.6 Å². The molecular weight excluding hydrogens is 412 g/mol. The summed E-state index contributed by atoms with van der Waals surface area (Å²) in [5, 5.41) is 1.74. The maximum atomic E-state index is 13.2. The highest BCUT2D eigenvalue weighted by Crippen LogP contribution is 2.29. The molecule has 0 saturated carbocycles. The minimum atomic E-state index is -3.90. The van der Waals surface area contributed by atoms with Crippen LogP contribution in [0.4, 0.5) is 5.69 Å². The van der Waals surface area contributed by atoms with Gasteiger partial charge in [-0.15, -0.1) is 0 Å². The Labute approximate surface area is 182 Å². The molecule has 3 aromatic rings. The molecule has 31 heavy (non-hydrogen) atoms. The number of rotatable bonds is 5. The SMILES string of the molecule is COc1ccc(S(=O)(=O)Nc2cccc3ccccc23)cc1C(=O)N1CCC(C)CC1. The Balaban J connectivity index is 1.67. The van der Waals surface area contributed by atoms with Gasteiger partial charge in [0.25, 0.3) is 15.9 Å². The van der Waals surface area contributed by atoms with Gasteiger partial charge in [0.2, 0.25) is 0 Å². The number of likely N-dealkylation sites (tertiary alicyclic amines) is 1. The lowest BCUT2D eigenvalue weighted by Gasteiger charge is -2.30. The van der Waals surface area contributed by atoms with Gasteiger partial charge in [0.05, 0.1) is 23.3 Å². The molecule has 0 aliphatic carbocycles. The van der Waals surface area contributed by atoms with E-state index in [1.165, 1.54) is 25.3 Å². The van der Waals surface area contributed by atoms with Crippen molar-refractivity contribution in [3.8, 4) is 5.75 Å². The van der Waals surface area contributed by atoms with E-state index in [4.69, 9.17) is 4.74 Å². The molecule has 1 N–H and O–H groups in total. The number of anilines is 1. The summed E-state index contributed by atoms with van der Waals surface area (Å²) in [5.41, 5.74) is 0.754. The summed E-state index contributed by atoms with van der Waals surface area (Å²) in [4.78, 5) is 14.9. The fraction of sp³-hybridized carbons (Fsp3) is 0.292. The molecule has 1 aliphatic rings. The van der Waals surface area contributed by atoms with Crippen LogP contribution in [-0.4, -0.2) is 39.4 Å². The first-order valence-corrected chi connectivity index (χ1v) is 11.9. The first kappa shape index (κ1) is 21.2. The summed E-state index contributed by atoms with van der Waals surface area (Å²) in [6.07, 6.45) is 1.88. The van der Waals surface area contributed by atoms with E-state index < -0.39 is 10.0 Å². The third kappa shape index (κ3) is 4.37. The lowest BCUT2D eigenvalue weighted by molar-refractivity contribution is 0.0693. The van der Waals surface area contributed by atoms with E-state index in [1.807, 2.05) is 30.3 Å². The third-order valence-electron chi connectivity index (χ3n) is 5.82. The van der Waals surface area contributed by atoms with Gasteiger partial charge in [-0.1, -0.05) is 43.3 Å². The van der Waals surface area contributed by atoms with E-state index in [0.29, 0.717) is 30.4 Å². The van der Waals surface area contributed by atoms with Crippen LogP contribution in [0.3, 0.4) is 0 Å². The monoisotopic (exact) mass is 438 g/mol. The number of hydrogen-bond donors (Lipinski definition) is 1. The van der Waals surface area contributed by atoms with Crippen molar-refractivity contribution >= 4 is 32.4 Å². The number of methoxy groups -OCH3 is 1. The van der Waals surface area contributed by atoms with Crippen LogP contribution < -0.4 is 9.46 Å². The van der Waals surface area contributed by atoms with Gasteiger partial charge in [-0.2, -0.15) is 0 Å². The van der Waals surface area contributed by atoms with Gasteiger partial charge in [-0.25, -0.2) is 8.42 Å². The molecule has 0 aromatic heterocycles. The number of benzene rings is 3. The number of nitrogens with zero attached hydrogens (tertiary/aromatic N) is 1. The number of carbonyl (C=O) groups is 1. The highest BCUT2D eigenvalue weighted by atomic mass is 32.2. The van der Waals surface area contributed by atoms with Crippen molar-refractivity contribution < 1.29 is 17.9 Å². The van der Waals surface area contributed by atoms with Gasteiger partial charge in [0, 0.05) is 18.5 Å². The summed E-state index contributed by atoms with van der Waals surface area (Å²) in [5.74, 6) is 0.751. The number of sulfonamides is 1. The van der Waals surface area contributed by atoms with Crippen molar-refractivity contribution in [3.63, 3.8) is 0 Å². The zero-order valence-corrected chi connectivity index (χ0v) is 18.5. The average molecular weight is 439 g/mol. The molecule has 1 heterocycles. The van der Waals surface area contributed by atoms with Crippen LogP contribution in [0.5, 0.6) is 5.75 Å². The van der Waals surface area contributed by atoms with E-state index in [1.54, 1.807) is 17.0 Å². The number of ether oxygens (including phenoxy) is 1. The molecule has 1 aliphatic heterocycles. The number of nitrogens with one attached hydrogen (secondary N) is 1. The standard InChI is InChI=1S/C24H26N2O4S/c1-17-12-14-26(15-13-17)24(27)21-16-19(10-11-23(21)30-2)31(28,29)25-22-9-5-7-18-6-3-4-8-20(18)22/h3-11,16-17,25H,12-15H2,1-2H3. The molecule has 7 heteroatoms. The molecule has 1 fully saturated rings. The molecule has 0 spiro atoms. The lowest BCUT2D eigenvalue weighted by Crippen LogP contribution is -2.38. The Morgan fingerprint density at radius 2 is 1.74 bits per heavy atom. The topological polar surface area (TPSA) is 75.7 Å². The average Bonchev–Trinajstić information content (AvgIpc) is 2.78. The zero-order valence-electron chi connectivity index (χ0n) is 17.7. The molecule has 1 saturated heterocycles. The molecule has 162 valence electrons. The fourth-order valence-corrected chi connectivity index (χ4v) is 5.03. The van der Waals surface area contributed by atoms with Gasteiger partial charge in [0.15, 0.2) is 0 Å². The van der Waals surface area contributed by atoms with E-state index in [2.05, 4.69) is 11.6 Å². The summed E-state index contributed by atoms with van der Waals surface area (Å²) < 4.78 is 34.4. The number of hydrogen-bond acceptors (Lipinski definition) is 4. The second kappa shape index (κ2) is 8.59. The first-order valence-electron chi connectivity index (χ1n) is 10.4. The quantitative estimate of drug-likeness (QED) is 0.635. The van der Waals surface area contributed by atoms with Crippen LogP contribution in [0.15, 0.2) is 65.6 Å². The molecular formula is C24H26N2O4S. The Bertz CT molecular complexity index is 1210. The van der Waals surface area contributed by atoms with Crippen molar-refractivity contribution in [2.45, 2.75) is 24.7 Å². The van der Waals surface area contributed by atoms with Crippen LogP contribution >= 0.6 is 0 Å². The Kier molecular flexibility index (Phi) is 5.87. The normalized spacial score (nSPS) is 15.1. The lowest BCUT2D eigenvalue weighted by atomic mass is 9.98. The van der Waals surface area contributed by atoms with Crippen LogP contribution in [0.25, 0.3) is 10.8 Å². The summed E-state index contributed by atoms with van der Waals surface area (Å²) >= 11 is 0. The molecule has 3 aromatic carbocycles. The molecule has 1 amide bonds. The largest absolute Gasteiger partial charge is 0.496 e. The Hall–Kier alpha value is -3.06. The minimum Gasteiger partial charge on any atom is -0.496 e. The van der Waals surface area contributed by atoms with Crippen molar-refractivity contribution in [3.05, 3.63) is 66.2 Å². The van der Waals surface area contributed by atoms with Crippen LogP contribution in [-0.2, 0) is 10.0 Å². The van der Waals surface area contributed by atoms with Gasteiger partial charge in [-0.05, 0) is 48.4 Å². The minimum absolute atomic E-state index is 0.0231. The van der Waals surface area contributed by atoms with Crippen molar-refractivity contribution in [2.24, 2.45) is 5.92 Å². The second-order valence-corrected chi connectivity index (χ2v) is 9.65. The Morgan fingerprint density at radius 1 is 1.03 bits per heavy atom. The molecule has 0 bridgehead atoms. The predicted molar refractivity (Wildman–Crippen MR) is 122 cm³/mol. The maximum Gasteiger partial charge on any atom is 0.261 e. The van der Waals surface area contributed by atoms with Gasteiger partial charge in [0.1, 0.15) is 5.75 Å². The molecule has 6 nitrogen and oxygen atoms in total. The Morgan fingerprint density at radius 3 is 2.48 bits per heavy atom. The molecule has 0 radical (unpaired) electrons. The van der Waals surface area contributed by atoms with Crippen molar-refractivity contribution in [1.82, 2.24) is 4.90 Å². The van der Waals surface area contributed by atoms with E-state index >= 15 is 0 Å². The van der Waals surface area contributed by atoms with Gasteiger partial charge >= 0.3 is 0 Å². The highest BCUT2D eigenvalue weighted by molar-refractivity contribution is 7.92. The second-order valence-electron chi connectivity index (χ2n) is 7.97. The van der Waals surface area contributed by atoms with Crippen LogP contribution in [0, 0.1) is 5.92 Å². The number of carbonyl (C=O) groups excluding carboxylic acids is 1. The molecule has 4 rings (SSSR count). The van der Waals surface area contributed by atoms with Crippen LogP contribution in [0.2, 0.25) is 0 Å². The number of amides is 1. The fourth-order valence-electron chi connectivity index (χ4n) is 3.92. The van der Waals surface area contributed by atoms with E-state index in [9.17, 15) is 13.2 Å². The summed E-state index contributed by atoms with van der Waals surface area (Å²) in [7, 11) is -2.42. The summed E-state index contributed by atoms with van der Waals surface area (Å²) in [6.45, 7) is 3.50. The number of fused-ring (bicyclic) bond motifs is 1. The zero-order chi connectivity index (χ0) is 22.0. The highest BCUT2D eigenvalue weighted by Gasteiger charge is 2.26. The van der Waals surface area contributed by atoms with Gasteiger partial charge < -0.3 is 9.64 Å². The summed E-state index contributed by atoms with van der Waals surface area (Å²) in [6, 6.07) is 17.4. The maximum absolute atomic E-state index is 13.2.